The van der Waals surface area contributed by atoms with E-state index in [4.69, 9.17) is 4.42 Å². The highest BCUT2D eigenvalue weighted by molar-refractivity contribution is 6.16. The zero-order valence-corrected chi connectivity index (χ0v) is 19.1. The van der Waals surface area contributed by atoms with E-state index in [0.29, 0.717) is 0 Å². The fourth-order valence-corrected chi connectivity index (χ4v) is 5.70. The molecule has 2 aromatic heterocycles. The summed E-state index contributed by atoms with van der Waals surface area (Å²) in [4.78, 5) is 0. The van der Waals surface area contributed by atoms with Crippen LogP contribution in [0.25, 0.3) is 44.0 Å². The molecule has 1 aliphatic carbocycles. The number of aromatic nitrogens is 1. The smallest absolute Gasteiger partial charge is 0.216 e. The summed E-state index contributed by atoms with van der Waals surface area (Å²) in [6.07, 6.45) is 2.16. The minimum absolute atomic E-state index is 0.000701. The van der Waals surface area contributed by atoms with Crippen LogP contribution >= 0.6 is 0 Å². The minimum atomic E-state index is -0.0247. The Hall–Kier alpha value is -3.13. The maximum Gasteiger partial charge on any atom is 0.216 e. The molecule has 31 heavy (non-hydrogen) atoms. The van der Waals surface area contributed by atoms with Crippen molar-refractivity contribution in [2.24, 2.45) is 7.05 Å². The van der Waals surface area contributed by atoms with Crippen LogP contribution in [-0.2, 0) is 17.9 Å². The van der Waals surface area contributed by atoms with Crippen LogP contribution in [0.4, 0.5) is 0 Å². The minimum Gasteiger partial charge on any atom is -0.455 e. The molecule has 0 bridgehead atoms. The predicted octanol–water partition coefficient (Wildman–Crippen LogP) is 7.11. The Bertz CT molecular complexity index is 1550. The van der Waals surface area contributed by atoms with Gasteiger partial charge in [0, 0.05) is 38.8 Å². The topological polar surface area (TPSA) is 17.0 Å². The summed E-state index contributed by atoms with van der Waals surface area (Å²) < 4.78 is 8.91. The van der Waals surface area contributed by atoms with Crippen LogP contribution in [-0.4, -0.2) is 0 Å². The fraction of sp³-hybridized carbons (Fsp3) is 0.276. The third kappa shape index (κ3) is 2.15. The Morgan fingerprint density at radius 3 is 2.29 bits per heavy atom. The van der Waals surface area contributed by atoms with E-state index in [1.54, 1.807) is 0 Å². The van der Waals surface area contributed by atoms with E-state index < -0.39 is 0 Å². The Kier molecular flexibility index (Phi) is 3.46. The Labute approximate surface area is 183 Å². The molecule has 2 nitrogen and oxygen atoms in total. The van der Waals surface area contributed by atoms with Crippen molar-refractivity contribution in [3.8, 4) is 11.3 Å². The lowest BCUT2D eigenvalue weighted by Crippen LogP contribution is -2.47. The van der Waals surface area contributed by atoms with E-state index in [1.807, 2.05) is 0 Å². The van der Waals surface area contributed by atoms with Crippen LogP contribution in [0.3, 0.4) is 0 Å². The number of nitrogens with zero attached hydrogens (tertiary/aromatic N) is 1. The molecule has 5 aromatic rings. The molecule has 0 N–H and O–H groups in total. The first-order chi connectivity index (χ1) is 14.7. The van der Waals surface area contributed by atoms with Gasteiger partial charge in [-0.2, -0.15) is 0 Å². The first-order valence-corrected chi connectivity index (χ1v) is 11.1. The van der Waals surface area contributed by atoms with Crippen LogP contribution in [0, 0.1) is 6.92 Å². The first-order valence-electron chi connectivity index (χ1n) is 11.1. The largest absolute Gasteiger partial charge is 0.455 e. The molecule has 2 heteroatoms. The molecular formula is C29H28NO+. The molecular weight excluding hydrogens is 378 g/mol. The van der Waals surface area contributed by atoms with Crippen LogP contribution in [0.15, 0.2) is 65.2 Å². The normalized spacial score (nSPS) is 16.6. The van der Waals surface area contributed by atoms with Gasteiger partial charge in [0.15, 0.2) is 6.20 Å². The number of rotatable bonds is 0. The Morgan fingerprint density at radius 1 is 0.742 bits per heavy atom. The zero-order chi connectivity index (χ0) is 21.7. The van der Waals surface area contributed by atoms with Crippen LogP contribution in [0.2, 0.25) is 0 Å². The number of benzene rings is 3. The van der Waals surface area contributed by atoms with E-state index in [2.05, 4.69) is 107 Å². The molecule has 0 unspecified atom stereocenters. The van der Waals surface area contributed by atoms with Crippen molar-refractivity contribution in [3.63, 3.8) is 0 Å². The van der Waals surface area contributed by atoms with Gasteiger partial charge >= 0.3 is 0 Å². The van der Waals surface area contributed by atoms with Crippen molar-refractivity contribution in [3.05, 3.63) is 77.5 Å². The van der Waals surface area contributed by atoms with Gasteiger partial charge in [0.1, 0.15) is 18.2 Å². The van der Waals surface area contributed by atoms with Crippen molar-refractivity contribution < 1.29 is 8.98 Å². The fourth-order valence-electron chi connectivity index (χ4n) is 5.70. The van der Waals surface area contributed by atoms with Gasteiger partial charge in [-0.3, -0.25) is 0 Å². The maximum atomic E-state index is 6.63. The third-order valence-electron chi connectivity index (χ3n) is 8.22. The van der Waals surface area contributed by atoms with E-state index >= 15 is 0 Å². The molecule has 0 spiro atoms. The maximum absolute atomic E-state index is 6.63. The van der Waals surface area contributed by atoms with Crippen LogP contribution in [0.1, 0.15) is 44.4 Å². The third-order valence-corrected chi connectivity index (χ3v) is 8.22. The van der Waals surface area contributed by atoms with Crippen LogP contribution < -0.4 is 4.57 Å². The zero-order valence-electron chi connectivity index (χ0n) is 19.1. The molecule has 2 heterocycles. The summed E-state index contributed by atoms with van der Waals surface area (Å²) in [6.45, 7) is 11.8. The van der Waals surface area contributed by atoms with Gasteiger partial charge in [-0.25, -0.2) is 4.57 Å². The number of fused-ring (bicyclic) bond motifs is 8. The highest BCUT2D eigenvalue weighted by Gasteiger charge is 2.49. The van der Waals surface area contributed by atoms with E-state index in [-0.39, 0.29) is 10.8 Å². The standard InChI is InChI=1S/C29H28NO/c1-17-24-23(29(4,5)28(2,3)22-12-9-15-30(6)25(22)24)16-21-20-14-13-18-10-7-8-11-19(18)27(20)31-26(17)21/h7-16H,1-6H3/q+1. The molecule has 0 radical (unpaired) electrons. The summed E-state index contributed by atoms with van der Waals surface area (Å²) in [6, 6.07) is 19.8. The van der Waals surface area contributed by atoms with Crippen molar-refractivity contribution in [1.29, 1.82) is 0 Å². The lowest BCUT2D eigenvalue weighted by atomic mass is 9.55. The lowest BCUT2D eigenvalue weighted by Gasteiger charge is -2.46. The SMILES string of the molecule is Cc1c2c(cc3c1oc1c4ccccc4ccc31)C(C)(C)C(C)(C)c1ccc[n+](C)c1-2. The monoisotopic (exact) mass is 406 g/mol. The average molecular weight is 407 g/mol. The number of hydrogen-bond donors (Lipinski definition) is 0. The van der Waals surface area contributed by atoms with Gasteiger partial charge in [0.25, 0.3) is 0 Å². The van der Waals surface area contributed by atoms with Crippen molar-refractivity contribution in [2.75, 3.05) is 0 Å². The van der Waals surface area contributed by atoms with Crippen molar-refractivity contribution in [1.82, 2.24) is 0 Å². The molecule has 0 saturated heterocycles. The molecule has 0 amide bonds. The highest BCUT2D eigenvalue weighted by atomic mass is 16.3. The molecule has 0 atom stereocenters. The predicted molar refractivity (Wildman–Crippen MR) is 129 cm³/mol. The average Bonchev–Trinajstić information content (AvgIpc) is 3.12. The molecule has 1 aliphatic rings. The Morgan fingerprint density at radius 2 is 1.48 bits per heavy atom. The van der Waals surface area contributed by atoms with Crippen molar-refractivity contribution >= 4 is 32.7 Å². The quantitative estimate of drug-likeness (QED) is 0.250. The molecule has 0 saturated carbocycles. The summed E-state index contributed by atoms with van der Waals surface area (Å²) in [5, 5.41) is 4.83. The summed E-state index contributed by atoms with van der Waals surface area (Å²) in [5.74, 6) is 0. The first kappa shape index (κ1) is 18.6. The molecule has 0 fully saturated rings. The second-order valence-electron chi connectivity index (χ2n) is 10.2. The summed E-state index contributed by atoms with van der Waals surface area (Å²) in [7, 11) is 2.16. The van der Waals surface area contributed by atoms with Gasteiger partial charge in [0.05, 0.1) is 5.56 Å². The number of hydrogen-bond acceptors (Lipinski definition) is 1. The second-order valence-corrected chi connectivity index (χ2v) is 10.2. The van der Waals surface area contributed by atoms with E-state index in [0.717, 1.165) is 11.2 Å². The number of furan rings is 1. The van der Waals surface area contributed by atoms with Gasteiger partial charge in [-0.15, -0.1) is 0 Å². The summed E-state index contributed by atoms with van der Waals surface area (Å²) in [5.41, 5.74) is 8.67. The van der Waals surface area contributed by atoms with Gasteiger partial charge in [-0.1, -0.05) is 58.0 Å². The van der Waals surface area contributed by atoms with Gasteiger partial charge in [-0.05, 0) is 41.5 Å². The van der Waals surface area contributed by atoms with Gasteiger partial charge in [0.2, 0.25) is 5.69 Å². The number of pyridine rings is 1. The van der Waals surface area contributed by atoms with Gasteiger partial charge < -0.3 is 4.42 Å². The highest BCUT2D eigenvalue weighted by Crippen LogP contribution is 2.55. The van der Waals surface area contributed by atoms with Crippen LogP contribution in [0.5, 0.6) is 0 Å². The summed E-state index contributed by atoms with van der Waals surface area (Å²) >= 11 is 0. The van der Waals surface area contributed by atoms with Crippen molar-refractivity contribution in [2.45, 2.75) is 45.4 Å². The molecule has 6 rings (SSSR count). The molecule has 0 aliphatic heterocycles. The molecule has 3 aromatic carbocycles. The van der Waals surface area contributed by atoms with E-state index in [1.165, 1.54) is 49.5 Å². The van der Waals surface area contributed by atoms with E-state index in [9.17, 15) is 0 Å². The Balaban J connectivity index is 1.84. The molecule has 154 valence electrons. The number of aryl methyl sites for hydroxylation is 2. The second kappa shape index (κ2) is 5.76. The lowest BCUT2D eigenvalue weighted by molar-refractivity contribution is -0.661.